The van der Waals surface area contributed by atoms with E-state index in [0.717, 1.165) is 17.2 Å². The molecule has 0 aliphatic carbocycles. The van der Waals surface area contributed by atoms with Crippen molar-refractivity contribution in [3.63, 3.8) is 0 Å². The van der Waals surface area contributed by atoms with Crippen molar-refractivity contribution >= 4 is 22.2 Å². The van der Waals surface area contributed by atoms with Crippen LogP contribution in [-0.2, 0) is 11.2 Å². The first-order valence-corrected chi connectivity index (χ1v) is 7.64. The number of hydrogen-bond donors (Lipinski definition) is 0. The zero-order valence-electron chi connectivity index (χ0n) is 11.4. The highest BCUT2D eigenvalue weighted by atomic mass is 79.9. The van der Waals surface area contributed by atoms with Crippen LogP contribution in [0.2, 0.25) is 0 Å². The number of aldehydes is 1. The molecule has 3 nitrogen and oxygen atoms in total. The van der Waals surface area contributed by atoms with Crippen LogP contribution < -0.4 is 4.74 Å². The fourth-order valence-electron chi connectivity index (χ4n) is 2.52. The van der Waals surface area contributed by atoms with Crippen LogP contribution in [-0.4, -0.2) is 19.5 Å². The first-order valence-electron chi connectivity index (χ1n) is 6.85. The molecule has 21 heavy (non-hydrogen) atoms. The van der Waals surface area contributed by atoms with Crippen LogP contribution in [0.4, 0.5) is 0 Å². The summed E-state index contributed by atoms with van der Waals surface area (Å²) < 4.78 is 12.5. The Morgan fingerprint density at radius 3 is 3.00 bits per heavy atom. The van der Waals surface area contributed by atoms with Gasteiger partial charge in [-0.15, -0.1) is 0 Å². The van der Waals surface area contributed by atoms with Crippen molar-refractivity contribution in [2.45, 2.75) is 12.5 Å². The minimum absolute atomic E-state index is 0.0851. The Morgan fingerprint density at radius 2 is 2.14 bits per heavy atom. The summed E-state index contributed by atoms with van der Waals surface area (Å²) in [4.78, 5) is 11.1. The molecule has 0 radical (unpaired) electrons. The molecule has 0 amide bonds. The molecule has 0 saturated heterocycles. The maximum Gasteiger partial charge on any atom is 0.153 e. The number of rotatable bonds is 4. The largest absolute Gasteiger partial charge is 0.490 e. The van der Waals surface area contributed by atoms with Crippen LogP contribution in [0.25, 0.3) is 0 Å². The molecule has 0 N–H and O–H groups in total. The maximum atomic E-state index is 11.1. The molecule has 1 unspecified atom stereocenters. The van der Waals surface area contributed by atoms with Gasteiger partial charge in [0.1, 0.15) is 18.5 Å². The van der Waals surface area contributed by atoms with Gasteiger partial charge in [0.05, 0.1) is 12.2 Å². The van der Waals surface area contributed by atoms with Crippen molar-refractivity contribution in [2.75, 3.05) is 13.2 Å². The predicted octanol–water partition coefficient (Wildman–Crippen LogP) is 3.95. The summed E-state index contributed by atoms with van der Waals surface area (Å²) in [6.07, 6.45) is 1.65. The van der Waals surface area contributed by atoms with Crippen LogP contribution in [0.5, 0.6) is 5.75 Å². The molecule has 0 fully saturated rings. The molecule has 2 aromatic rings. The van der Waals surface area contributed by atoms with Gasteiger partial charge < -0.3 is 9.47 Å². The summed E-state index contributed by atoms with van der Waals surface area (Å²) in [5.74, 6) is 0.583. The molecule has 1 heterocycles. The lowest BCUT2D eigenvalue weighted by Gasteiger charge is -2.26. The van der Waals surface area contributed by atoms with E-state index in [1.54, 1.807) is 12.1 Å². The van der Waals surface area contributed by atoms with E-state index >= 15 is 0 Å². The number of carbonyl (C=O) groups excluding carboxylic acids is 1. The Kier molecular flexibility index (Phi) is 4.36. The third kappa shape index (κ3) is 3.17. The molecule has 1 atom stereocenters. The fourth-order valence-corrected chi connectivity index (χ4v) is 2.90. The van der Waals surface area contributed by atoms with Crippen LogP contribution in [0.3, 0.4) is 0 Å². The van der Waals surface area contributed by atoms with Crippen LogP contribution in [0, 0.1) is 0 Å². The normalized spacial score (nSPS) is 17.1. The van der Waals surface area contributed by atoms with Gasteiger partial charge in [-0.25, -0.2) is 0 Å². The van der Waals surface area contributed by atoms with E-state index in [0.29, 0.717) is 24.5 Å². The van der Waals surface area contributed by atoms with Gasteiger partial charge in [-0.2, -0.15) is 0 Å². The summed E-state index contributed by atoms with van der Waals surface area (Å²) in [6, 6.07) is 13.7. The lowest BCUT2D eigenvalue weighted by atomic mass is 9.98. The Hall–Kier alpha value is -1.65. The molecule has 0 saturated carbocycles. The third-order valence-electron chi connectivity index (χ3n) is 3.58. The maximum absolute atomic E-state index is 11.1. The molecule has 0 aromatic heterocycles. The molecular formula is C17H15BrO3. The highest BCUT2D eigenvalue weighted by molar-refractivity contribution is 9.10. The highest BCUT2D eigenvalue weighted by Crippen LogP contribution is 2.29. The SMILES string of the molecule is O=Cc1cc(Br)ccc1OCC1OCCc2ccccc21. The van der Waals surface area contributed by atoms with Gasteiger partial charge in [0, 0.05) is 4.47 Å². The molecule has 4 heteroatoms. The Balaban J connectivity index is 1.76. The second-order valence-electron chi connectivity index (χ2n) is 4.92. The highest BCUT2D eigenvalue weighted by Gasteiger charge is 2.21. The standard InChI is InChI=1S/C17H15BrO3/c18-14-5-6-16(13(9-14)10-19)21-11-17-15-4-2-1-3-12(15)7-8-20-17/h1-6,9-10,17H,7-8,11H2. The quantitative estimate of drug-likeness (QED) is 0.786. The first-order chi connectivity index (χ1) is 10.3. The number of benzene rings is 2. The zero-order chi connectivity index (χ0) is 14.7. The average molecular weight is 347 g/mol. The summed E-state index contributed by atoms with van der Waals surface area (Å²) in [5.41, 5.74) is 3.02. The van der Waals surface area contributed by atoms with Crippen molar-refractivity contribution in [1.29, 1.82) is 0 Å². The number of halogens is 1. The molecular weight excluding hydrogens is 332 g/mol. The van der Waals surface area contributed by atoms with Crippen molar-refractivity contribution in [3.05, 3.63) is 63.6 Å². The third-order valence-corrected chi connectivity index (χ3v) is 4.07. The van der Waals surface area contributed by atoms with E-state index in [-0.39, 0.29) is 6.10 Å². The second kappa shape index (κ2) is 6.41. The number of carbonyl (C=O) groups is 1. The molecule has 108 valence electrons. The van der Waals surface area contributed by atoms with Crippen molar-refractivity contribution in [3.8, 4) is 5.75 Å². The molecule has 1 aliphatic rings. The molecule has 3 rings (SSSR count). The average Bonchev–Trinajstić information content (AvgIpc) is 2.53. The Morgan fingerprint density at radius 1 is 1.29 bits per heavy atom. The summed E-state index contributed by atoms with van der Waals surface area (Å²) >= 11 is 3.35. The number of fused-ring (bicyclic) bond motifs is 1. The lowest BCUT2D eigenvalue weighted by Crippen LogP contribution is -2.21. The predicted molar refractivity (Wildman–Crippen MR) is 83.9 cm³/mol. The molecule has 0 bridgehead atoms. The smallest absolute Gasteiger partial charge is 0.153 e. The van der Waals surface area contributed by atoms with Crippen molar-refractivity contribution in [2.24, 2.45) is 0 Å². The van der Waals surface area contributed by atoms with E-state index in [1.165, 1.54) is 11.1 Å². The van der Waals surface area contributed by atoms with Gasteiger partial charge in [0.15, 0.2) is 6.29 Å². The van der Waals surface area contributed by atoms with Gasteiger partial charge in [-0.05, 0) is 35.7 Å². The van der Waals surface area contributed by atoms with E-state index < -0.39 is 0 Å². The first kappa shape index (κ1) is 14.3. The minimum atomic E-state index is -0.0851. The fraction of sp³-hybridized carbons (Fsp3) is 0.235. The summed E-state index contributed by atoms with van der Waals surface area (Å²) in [7, 11) is 0. The van der Waals surface area contributed by atoms with E-state index in [1.807, 2.05) is 18.2 Å². The summed E-state index contributed by atoms with van der Waals surface area (Å²) in [5, 5.41) is 0. The number of ether oxygens (including phenoxy) is 2. The monoisotopic (exact) mass is 346 g/mol. The van der Waals surface area contributed by atoms with Gasteiger partial charge >= 0.3 is 0 Å². The van der Waals surface area contributed by atoms with Gasteiger partial charge in [0.2, 0.25) is 0 Å². The van der Waals surface area contributed by atoms with E-state index in [4.69, 9.17) is 9.47 Å². The summed E-state index contributed by atoms with van der Waals surface area (Å²) in [6.45, 7) is 1.10. The van der Waals surface area contributed by atoms with E-state index in [9.17, 15) is 4.79 Å². The zero-order valence-corrected chi connectivity index (χ0v) is 13.0. The molecule has 2 aromatic carbocycles. The van der Waals surface area contributed by atoms with Crippen molar-refractivity contribution in [1.82, 2.24) is 0 Å². The Bertz CT molecular complexity index is 654. The topological polar surface area (TPSA) is 35.5 Å². The van der Waals surface area contributed by atoms with Crippen LogP contribution >= 0.6 is 15.9 Å². The number of hydrogen-bond acceptors (Lipinski definition) is 3. The van der Waals surface area contributed by atoms with Gasteiger partial charge in [0.25, 0.3) is 0 Å². The minimum Gasteiger partial charge on any atom is -0.490 e. The van der Waals surface area contributed by atoms with Crippen LogP contribution in [0.15, 0.2) is 46.9 Å². The van der Waals surface area contributed by atoms with Gasteiger partial charge in [-0.3, -0.25) is 4.79 Å². The molecule has 0 spiro atoms. The lowest BCUT2D eigenvalue weighted by molar-refractivity contribution is 0.0101. The van der Waals surface area contributed by atoms with E-state index in [2.05, 4.69) is 28.1 Å². The Labute approximate surface area is 132 Å². The second-order valence-corrected chi connectivity index (χ2v) is 5.83. The molecule has 1 aliphatic heterocycles. The van der Waals surface area contributed by atoms with Crippen molar-refractivity contribution < 1.29 is 14.3 Å². The van der Waals surface area contributed by atoms with Crippen LogP contribution in [0.1, 0.15) is 27.6 Å². The van der Waals surface area contributed by atoms with Gasteiger partial charge in [-0.1, -0.05) is 40.2 Å².